The van der Waals surface area contributed by atoms with Crippen molar-refractivity contribution < 1.29 is 4.79 Å². The molecule has 1 amide bonds. The van der Waals surface area contributed by atoms with Gasteiger partial charge < -0.3 is 5.32 Å². The standard InChI is InChI=1S/C24H24N4O/c1-17-21(13-14-24(29)25-16-19-9-5-3-6-10-19)18(2)28-23(26-17)15-22(27-28)20-11-7-4-8-12-20/h3-12,15H,13-14,16H2,1-2H3,(H,25,29). The van der Waals surface area contributed by atoms with Crippen LogP contribution in [0.25, 0.3) is 16.9 Å². The van der Waals surface area contributed by atoms with Gasteiger partial charge in [-0.05, 0) is 31.4 Å². The van der Waals surface area contributed by atoms with Crippen LogP contribution in [0.5, 0.6) is 0 Å². The van der Waals surface area contributed by atoms with Gasteiger partial charge in [0.05, 0.1) is 5.69 Å². The molecule has 29 heavy (non-hydrogen) atoms. The van der Waals surface area contributed by atoms with Crippen LogP contribution in [-0.2, 0) is 17.8 Å². The highest BCUT2D eigenvalue weighted by Crippen LogP contribution is 2.22. The second-order valence-electron chi connectivity index (χ2n) is 7.19. The van der Waals surface area contributed by atoms with Gasteiger partial charge in [0.25, 0.3) is 0 Å². The normalized spacial score (nSPS) is 11.0. The van der Waals surface area contributed by atoms with Gasteiger partial charge in [-0.15, -0.1) is 0 Å². The van der Waals surface area contributed by atoms with Crippen LogP contribution in [0.4, 0.5) is 0 Å². The lowest BCUT2D eigenvalue weighted by molar-refractivity contribution is -0.121. The first kappa shape index (κ1) is 18.9. The molecule has 0 aliphatic rings. The number of amides is 1. The zero-order valence-electron chi connectivity index (χ0n) is 16.7. The van der Waals surface area contributed by atoms with Crippen LogP contribution in [0.2, 0.25) is 0 Å². The van der Waals surface area contributed by atoms with E-state index < -0.39 is 0 Å². The highest BCUT2D eigenvalue weighted by molar-refractivity contribution is 5.76. The minimum absolute atomic E-state index is 0.0400. The molecule has 0 atom stereocenters. The van der Waals surface area contributed by atoms with E-state index in [-0.39, 0.29) is 5.91 Å². The molecule has 0 spiro atoms. The van der Waals surface area contributed by atoms with E-state index in [1.807, 2.05) is 85.1 Å². The molecule has 146 valence electrons. The van der Waals surface area contributed by atoms with E-state index in [2.05, 4.69) is 5.32 Å². The van der Waals surface area contributed by atoms with Gasteiger partial charge in [-0.3, -0.25) is 4.79 Å². The lowest BCUT2D eigenvalue weighted by Gasteiger charge is -2.11. The molecular formula is C24H24N4O. The van der Waals surface area contributed by atoms with Crippen LogP contribution in [-0.4, -0.2) is 20.5 Å². The molecule has 0 aliphatic heterocycles. The quantitative estimate of drug-likeness (QED) is 0.540. The largest absolute Gasteiger partial charge is 0.352 e. The summed E-state index contributed by atoms with van der Waals surface area (Å²) in [5, 5.41) is 7.73. The number of carbonyl (C=O) groups is 1. The van der Waals surface area contributed by atoms with Gasteiger partial charge in [0.15, 0.2) is 5.65 Å². The number of aryl methyl sites for hydroxylation is 2. The maximum Gasteiger partial charge on any atom is 0.220 e. The van der Waals surface area contributed by atoms with Crippen LogP contribution in [0, 0.1) is 13.8 Å². The molecule has 1 N–H and O–H groups in total. The minimum atomic E-state index is 0.0400. The highest BCUT2D eigenvalue weighted by Gasteiger charge is 2.14. The SMILES string of the molecule is Cc1nc2cc(-c3ccccc3)nn2c(C)c1CCC(=O)NCc1ccccc1. The van der Waals surface area contributed by atoms with Crippen molar-refractivity contribution in [2.75, 3.05) is 0 Å². The maximum atomic E-state index is 12.3. The second-order valence-corrected chi connectivity index (χ2v) is 7.19. The highest BCUT2D eigenvalue weighted by atomic mass is 16.1. The first-order valence-corrected chi connectivity index (χ1v) is 9.84. The number of nitrogens with zero attached hydrogens (tertiary/aromatic N) is 3. The van der Waals surface area contributed by atoms with Gasteiger partial charge in [-0.25, -0.2) is 9.50 Å². The summed E-state index contributed by atoms with van der Waals surface area (Å²) in [5.74, 6) is 0.0400. The molecule has 0 saturated heterocycles. The molecular weight excluding hydrogens is 360 g/mol. The Balaban J connectivity index is 1.49. The summed E-state index contributed by atoms with van der Waals surface area (Å²) in [6.45, 7) is 4.59. The molecule has 4 aromatic rings. The smallest absolute Gasteiger partial charge is 0.220 e. The molecule has 5 nitrogen and oxygen atoms in total. The van der Waals surface area contributed by atoms with E-state index in [1.165, 1.54) is 0 Å². The first-order valence-electron chi connectivity index (χ1n) is 9.84. The Morgan fingerprint density at radius 2 is 1.69 bits per heavy atom. The van der Waals surface area contributed by atoms with Crippen LogP contribution in [0.3, 0.4) is 0 Å². The number of hydrogen-bond acceptors (Lipinski definition) is 3. The zero-order chi connectivity index (χ0) is 20.2. The summed E-state index contributed by atoms with van der Waals surface area (Å²) >= 11 is 0. The van der Waals surface area contributed by atoms with Gasteiger partial charge >= 0.3 is 0 Å². The number of nitrogens with one attached hydrogen (secondary N) is 1. The third-order valence-corrected chi connectivity index (χ3v) is 5.17. The van der Waals surface area contributed by atoms with E-state index in [0.717, 1.165) is 39.4 Å². The first-order chi connectivity index (χ1) is 14.1. The molecule has 0 unspecified atom stereocenters. The molecule has 5 heteroatoms. The van der Waals surface area contributed by atoms with Crippen molar-refractivity contribution in [3.63, 3.8) is 0 Å². The average Bonchev–Trinajstić information content (AvgIpc) is 3.18. The molecule has 2 heterocycles. The lowest BCUT2D eigenvalue weighted by Crippen LogP contribution is -2.23. The van der Waals surface area contributed by atoms with Gasteiger partial charge in [0, 0.05) is 36.0 Å². The summed E-state index contributed by atoms with van der Waals surface area (Å²) in [4.78, 5) is 17.0. The molecule has 2 aromatic heterocycles. The fourth-order valence-electron chi connectivity index (χ4n) is 3.56. The Morgan fingerprint density at radius 3 is 2.41 bits per heavy atom. The summed E-state index contributed by atoms with van der Waals surface area (Å²) in [6.07, 6.45) is 1.07. The minimum Gasteiger partial charge on any atom is -0.352 e. The summed E-state index contributed by atoms with van der Waals surface area (Å²) in [5.41, 5.74) is 6.96. The van der Waals surface area contributed by atoms with Gasteiger partial charge in [-0.2, -0.15) is 5.10 Å². The molecule has 0 radical (unpaired) electrons. The Morgan fingerprint density at radius 1 is 1.00 bits per heavy atom. The van der Waals surface area contributed by atoms with Gasteiger partial charge in [-0.1, -0.05) is 60.7 Å². The third-order valence-electron chi connectivity index (χ3n) is 5.17. The van der Waals surface area contributed by atoms with Crippen LogP contribution < -0.4 is 5.32 Å². The number of aromatic nitrogens is 3. The Bertz CT molecular complexity index is 1130. The van der Waals surface area contributed by atoms with Crippen LogP contribution >= 0.6 is 0 Å². The van der Waals surface area contributed by atoms with Crippen LogP contribution in [0.15, 0.2) is 66.7 Å². The number of benzene rings is 2. The lowest BCUT2D eigenvalue weighted by atomic mass is 10.1. The van der Waals surface area contributed by atoms with Crippen molar-refractivity contribution in [3.05, 3.63) is 89.2 Å². The Hall–Kier alpha value is -3.47. The number of carbonyl (C=O) groups excluding carboxylic acids is 1. The molecule has 0 aliphatic carbocycles. The third kappa shape index (κ3) is 4.19. The summed E-state index contributed by atoms with van der Waals surface area (Å²) in [7, 11) is 0. The fraction of sp³-hybridized carbons (Fsp3) is 0.208. The van der Waals surface area contributed by atoms with Crippen molar-refractivity contribution in [3.8, 4) is 11.3 Å². The van der Waals surface area contributed by atoms with E-state index in [1.54, 1.807) is 0 Å². The van der Waals surface area contributed by atoms with Crippen molar-refractivity contribution in [2.45, 2.75) is 33.2 Å². The Kier molecular flexibility index (Phi) is 5.38. The molecule has 0 fully saturated rings. The molecule has 0 bridgehead atoms. The second kappa shape index (κ2) is 8.27. The maximum absolute atomic E-state index is 12.3. The van der Waals surface area contributed by atoms with E-state index >= 15 is 0 Å². The van der Waals surface area contributed by atoms with Gasteiger partial charge in [0.1, 0.15) is 0 Å². The predicted octanol–water partition coefficient (Wildman–Crippen LogP) is 4.26. The molecule has 4 rings (SSSR count). The van der Waals surface area contributed by atoms with Gasteiger partial charge in [0.2, 0.25) is 5.91 Å². The molecule has 0 saturated carbocycles. The monoisotopic (exact) mass is 384 g/mol. The summed E-state index contributed by atoms with van der Waals surface area (Å²) in [6, 6.07) is 22.0. The van der Waals surface area contributed by atoms with E-state index in [9.17, 15) is 4.79 Å². The topological polar surface area (TPSA) is 59.3 Å². The van der Waals surface area contributed by atoms with Crippen molar-refractivity contribution in [1.82, 2.24) is 19.9 Å². The van der Waals surface area contributed by atoms with Crippen molar-refractivity contribution in [2.24, 2.45) is 0 Å². The average molecular weight is 384 g/mol. The van der Waals surface area contributed by atoms with E-state index in [4.69, 9.17) is 10.1 Å². The number of hydrogen-bond donors (Lipinski definition) is 1. The predicted molar refractivity (Wildman–Crippen MR) is 115 cm³/mol. The fourth-order valence-corrected chi connectivity index (χ4v) is 3.56. The molecule has 2 aromatic carbocycles. The van der Waals surface area contributed by atoms with Crippen LogP contribution in [0.1, 0.15) is 28.9 Å². The van der Waals surface area contributed by atoms with E-state index in [0.29, 0.717) is 19.4 Å². The zero-order valence-corrected chi connectivity index (χ0v) is 16.7. The number of fused-ring (bicyclic) bond motifs is 1. The van der Waals surface area contributed by atoms with Crippen molar-refractivity contribution in [1.29, 1.82) is 0 Å². The van der Waals surface area contributed by atoms with Crippen molar-refractivity contribution >= 4 is 11.6 Å². The Labute approximate surface area is 170 Å². The number of rotatable bonds is 6. The summed E-state index contributed by atoms with van der Waals surface area (Å²) < 4.78 is 1.88.